The van der Waals surface area contributed by atoms with E-state index in [2.05, 4.69) is 9.97 Å². The molecule has 0 aliphatic carbocycles. The number of para-hydroxylation sites is 1. The van der Waals surface area contributed by atoms with Gasteiger partial charge in [0.05, 0.1) is 5.52 Å². The largest absolute Gasteiger partial charge is 0.427 e. The maximum Gasteiger partial charge on any atom is 0.152 e. The zero-order chi connectivity index (χ0) is 12.7. The molecule has 2 aromatic heterocycles. The number of nitrogen functional groups attached to an aromatic ring is 1. The van der Waals surface area contributed by atoms with Crippen molar-refractivity contribution in [3.8, 4) is 0 Å². The average Bonchev–Trinajstić information content (AvgIpc) is 2.69. The van der Waals surface area contributed by atoms with Gasteiger partial charge >= 0.3 is 0 Å². The molecule has 5 heteroatoms. The molecule has 0 saturated carbocycles. The normalized spacial score (nSPS) is 11.4. The standard InChI is InChI=1S/C13H14N4O/c1-2-5-10-16-11-12(17(10)18)8-6-3-4-7-9(8)15-13(11)14/h3-4,6-7,18H,2,5H2,1H3,(H2,14,15). The van der Waals surface area contributed by atoms with Gasteiger partial charge in [-0.3, -0.25) is 0 Å². The summed E-state index contributed by atoms with van der Waals surface area (Å²) < 4.78 is 1.14. The summed E-state index contributed by atoms with van der Waals surface area (Å²) in [5.74, 6) is 0.978. The summed E-state index contributed by atoms with van der Waals surface area (Å²) in [5.41, 5.74) is 7.88. The Morgan fingerprint density at radius 1 is 1.28 bits per heavy atom. The fraction of sp³-hybridized carbons (Fsp3) is 0.231. The minimum Gasteiger partial charge on any atom is -0.427 e. The first kappa shape index (κ1) is 10.8. The number of hydrogen-bond donors (Lipinski definition) is 2. The molecule has 18 heavy (non-hydrogen) atoms. The fourth-order valence-electron chi connectivity index (χ4n) is 2.22. The molecule has 0 bridgehead atoms. The summed E-state index contributed by atoms with van der Waals surface area (Å²) in [6.45, 7) is 2.04. The van der Waals surface area contributed by atoms with E-state index in [-0.39, 0.29) is 0 Å². The van der Waals surface area contributed by atoms with Crippen molar-refractivity contribution in [2.75, 3.05) is 5.73 Å². The van der Waals surface area contributed by atoms with Gasteiger partial charge in [-0.1, -0.05) is 25.1 Å². The predicted octanol–water partition coefficient (Wildman–Crippen LogP) is 2.36. The maximum absolute atomic E-state index is 10.2. The zero-order valence-corrected chi connectivity index (χ0v) is 10.1. The van der Waals surface area contributed by atoms with Gasteiger partial charge in [0.25, 0.3) is 0 Å². The van der Waals surface area contributed by atoms with Crippen LogP contribution in [0.1, 0.15) is 19.2 Å². The number of fused-ring (bicyclic) bond motifs is 3. The van der Waals surface area contributed by atoms with E-state index in [0.29, 0.717) is 29.1 Å². The van der Waals surface area contributed by atoms with Crippen LogP contribution in [0.25, 0.3) is 21.9 Å². The number of aromatic nitrogens is 3. The number of benzene rings is 1. The van der Waals surface area contributed by atoms with E-state index in [0.717, 1.165) is 22.1 Å². The minimum atomic E-state index is 0.355. The third-order valence-corrected chi connectivity index (χ3v) is 3.04. The van der Waals surface area contributed by atoms with Crippen molar-refractivity contribution in [1.82, 2.24) is 14.7 Å². The van der Waals surface area contributed by atoms with Crippen LogP contribution >= 0.6 is 0 Å². The summed E-state index contributed by atoms with van der Waals surface area (Å²) in [6.07, 6.45) is 1.62. The van der Waals surface area contributed by atoms with Gasteiger partial charge in [-0.2, -0.15) is 4.73 Å². The molecule has 0 aliphatic rings. The molecule has 0 radical (unpaired) electrons. The van der Waals surface area contributed by atoms with Crippen LogP contribution in [0.3, 0.4) is 0 Å². The molecule has 3 aromatic rings. The summed E-state index contributed by atoms with van der Waals surface area (Å²) >= 11 is 0. The SMILES string of the molecule is CCCc1nc2c(N)nc3ccccc3c2n1O. The third kappa shape index (κ3) is 1.40. The first-order chi connectivity index (χ1) is 8.72. The first-order valence-corrected chi connectivity index (χ1v) is 5.97. The molecule has 3 N–H and O–H groups in total. The molecule has 0 saturated heterocycles. The van der Waals surface area contributed by atoms with Crippen molar-refractivity contribution in [3.63, 3.8) is 0 Å². The summed E-state index contributed by atoms with van der Waals surface area (Å²) in [7, 11) is 0. The van der Waals surface area contributed by atoms with Gasteiger partial charge in [0.1, 0.15) is 16.9 Å². The predicted molar refractivity (Wildman–Crippen MR) is 70.6 cm³/mol. The number of nitrogens with zero attached hydrogens (tertiary/aromatic N) is 3. The quantitative estimate of drug-likeness (QED) is 0.676. The van der Waals surface area contributed by atoms with Gasteiger partial charge in [0.2, 0.25) is 0 Å². The topological polar surface area (TPSA) is 77.0 Å². The Kier molecular flexibility index (Phi) is 2.33. The molecule has 0 unspecified atom stereocenters. The average molecular weight is 242 g/mol. The van der Waals surface area contributed by atoms with Crippen molar-refractivity contribution in [2.45, 2.75) is 19.8 Å². The number of nitrogens with two attached hydrogens (primary N) is 1. The number of aryl methyl sites for hydroxylation is 1. The van der Waals surface area contributed by atoms with E-state index in [1.54, 1.807) is 0 Å². The molecular weight excluding hydrogens is 228 g/mol. The molecule has 5 nitrogen and oxygen atoms in total. The lowest BCUT2D eigenvalue weighted by Crippen LogP contribution is -1.99. The van der Waals surface area contributed by atoms with E-state index in [4.69, 9.17) is 5.73 Å². The Labute approximate surface area is 104 Å². The number of anilines is 1. The summed E-state index contributed by atoms with van der Waals surface area (Å²) in [5, 5.41) is 11.1. The van der Waals surface area contributed by atoms with Crippen molar-refractivity contribution in [2.24, 2.45) is 0 Å². The maximum atomic E-state index is 10.2. The van der Waals surface area contributed by atoms with Gasteiger partial charge in [0, 0.05) is 11.8 Å². The van der Waals surface area contributed by atoms with Crippen LogP contribution in [0.15, 0.2) is 24.3 Å². The van der Waals surface area contributed by atoms with Crippen LogP contribution in [0, 0.1) is 0 Å². The van der Waals surface area contributed by atoms with E-state index in [1.165, 1.54) is 0 Å². The van der Waals surface area contributed by atoms with Crippen LogP contribution in [0.5, 0.6) is 0 Å². The fourth-order valence-corrected chi connectivity index (χ4v) is 2.22. The number of rotatable bonds is 2. The van der Waals surface area contributed by atoms with Crippen molar-refractivity contribution in [3.05, 3.63) is 30.1 Å². The van der Waals surface area contributed by atoms with Gasteiger partial charge in [-0.15, -0.1) is 0 Å². The van der Waals surface area contributed by atoms with Crippen LogP contribution < -0.4 is 5.73 Å². The molecule has 1 aromatic carbocycles. The van der Waals surface area contributed by atoms with Gasteiger partial charge in [-0.05, 0) is 12.5 Å². The third-order valence-electron chi connectivity index (χ3n) is 3.04. The molecule has 0 amide bonds. The zero-order valence-electron chi connectivity index (χ0n) is 10.1. The Balaban J connectivity index is 2.47. The van der Waals surface area contributed by atoms with Crippen molar-refractivity contribution < 1.29 is 5.21 Å². The highest BCUT2D eigenvalue weighted by atomic mass is 16.5. The van der Waals surface area contributed by atoms with Crippen molar-refractivity contribution >= 4 is 27.8 Å². The smallest absolute Gasteiger partial charge is 0.152 e. The lowest BCUT2D eigenvalue weighted by atomic mass is 10.2. The lowest BCUT2D eigenvalue weighted by Gasteiger charge is -2.03. The molecule has 0 aliphatic heterocycles. The Bertz CT molecular complexity index is 733. The minimum absolute atomic E-state index is 0.355. The Morgan fingerprint density at radius 3 is 2.83 bits per heavy atom. The summed E-state index contributed by atoms with van der Waals surface area (Å²) in [4.78, 5) is 8.69. The van der Waals surface area contributed by atoms with Crippen LogP contribution in [0.2, 0.25) is 0 Å². The second-order valence-corrected chi connectivity index (χ2v) is 4.30. The first-order valence-electron chi connectivity index (χ1n) is 5.97. The van der Waals surface area contributed by atoms with Gasteiger partial charge in [0.15, 0.2) is 5.82 Å². The molecule has 2 heterocycles. The molecule has 92 valence electrons. The molecule has 0 fully saturated rings. The highest BCUT2D eigenvalue weighted by molar-refractivity contribution is 6.06. The number of hydrogen-bond acceptors (Lipinski definition) is 4. The Morgan fingerprint density at radius 2 is 2.06 bits per heavy atom. The van der Waals surface area contributed by atoms with Crippen LogP contribution in [0.4, 0.5) is 5.82 Å². The van der Waals surface area contributed by atoms with Gasteiger partial charge < -0.3 is 10.9 Å². The van der Waals surface area contributed by atoms with Gasteiger partial charge in [-0.25, -0.2) is 9.97 Å². The summed E-state index contributed by atoms with van der Waals surface area (Å²) in [6, 6.07) is 7.59. The lowest BCUT2D eigenvalue weighted by molar-refractivity contribution is 0.188. The number of pyridine rings is 1. The van der Waals surface area contributed by atoms with E-state index < -0.39 is 0 Å². The van der Waals surface area contributed by atoms with Crippen molar-refractivity contribution in [1.29, 1.82) is 0 Å². The number of imidazole rings is 1. The Hall–Kier alpha value is -2.30. The van der Waals surface area contributed by atoms with E-state index in [1.807, 2.05) is 31.2 Å². The van der Waals surface area contributed by atoms with E-state index >= 15 is 0 Å². The highest BCUT2D eigenvalue weighted by Crippen LogP contribution is 2.27. The second kappa shape index (κ2) is 3.87. The monoisotopic (exact) mass is 242 g/mol. The van der Waals surface area contributed by atoms with E-state index in [9.17, 15) is 5.21 Å². The van der Waals surface area contributed by atoms with Crippen LogP contribution in [-0.2, 0) is 6.42 Å². The molecule has 3 rings (SSSR count). The van der Waals surface area contributed by atoms with Crippen LogP contribution in [-0.4, -0.2) is 19.9 Å². The molecule has 0 spiro atoms. The second-order valence-electron chi connectivity index (χ2n) is 4.30. The highest BCUT2D eigenvalue weighted by Gasteiger charge is 2.15. The molecule has 0 atom stereocenters. The molecular formula is C13H14N4O.